The van der Waals surface area contributed by atoms with Crippen LogP contribution in [0.15, 0.2) is 18.5 Å². The Morgan fingerprint density at radius 2 is 2.09 bits per heavy atom. The van der Waals surface area contributed by atoms with E-state index >= 15 is 0 Å². The van der Waals surface area contributed by atoms with Gasteiger partial charge in [-0.05, 0) is 38.3 Å². The molecule has 122 valence electrons. The molecule has 0 spiro atoms. The van der Waals surface area contributed by atoms with Crippen molar-refractivity contribution in [3.05, 3.63) is 34.0 Å². The van der Waals surface area contributed by atoms with Gasteiger partial charge in [-0.25, -0.2) is 0 Å². The van der Waals surface area contributed by atoms with Gasteiger partial charge >= 0.3 is 0 Å². The standard InChI is InChI=1S/C17H22N4OS/c1-11-3-4-15(23-11)13-9-14(13)17(22)21-7-5-12(6-8-21)16-19-18-10-20(16)2/h3-4,10,12-14H,5-9H2,1-2H3/t13-,14-/m0/s1. The van der Waals surface area contributed by atoms with Crippen LogP contribution in [0.5, 0.6) is 0 Å². The van der Waals surface area contributed by atoms with Crippen LogP contribution in [0.4, 0.5) is 0 Å². The Morgan fingerprint density at radius 3 is 2.70 bits per heavy atom. The summed E-state index contributed by atoms with van der Waals surface area (Å²) in [5, 5.41) is 8.19. The summed E-state index contributed by atoms with van der Waals surface area (Å²) in [5.41, 5.74) is 0. The van der Waals surface area contributed by atoms with E-state index in [-0.39, 0.29) is 5.92 Å². The van der Waals surface area contributed by atoms with E-state index in [9.17, 15) is 4.79 Å². The number of hydrogen-bond acceptors (Lipinski definition) is 4. The highest BCUT2D eigenvalue weighted by Crippen LogP contribution is 2.50. The van der Waals surface area contributed by atoms with Crippen LogP contribution in [-0.2, 0) is 11.8 Å². The number of amides is 1. The van der Waals surface area contributed by atoms with Crippen LogP contribution in [0.25, 0.3) is 0 Å². The molecule has 1 saturated heterocycles. The molecule has 0 N–H and O–H groups in total. The van der Waals surface area contributed by atoms with Gasteiger partial charge in [0.15, 0.2) is 0 Å². The quantitative estimate of drug-likeness (QED) is 0.869. The minimum Gasteiger partial charge on any atom is -0.342 e. The van der Waals surface area contributed by atoms with Gasteiger partial charge < -0.3 is 9.47 Å². The highest BCUT2D eigenvalue weighted by Gasteiger charge is 2.46. The zero-order chi connectivity index (χ0) is 16.0. The Kier molecular flexibility index (Phi) is 3.71. The monoisotopic (exact) mass is 330 g/mol. The molecule has 6 heteroatoms. The van der Waals surface area contributed by atoms with Gasteiger partial charge in [-0.2, -0.15) is 0 Å². The summed E-state index contributed by atoms with van der Waals surface area (Å²) >= 11 is 1.84. The van der Waals surface area contributed by atoms with E-state index < -0.39 is 0 Å². The van der Waals surface area contributed by atoms with Crippen LogP contribution < -0.4 is 0 Å². The van der Waals surface area contributed by atoms with Crippen molar-refractivity contribution in [3.63, 3.8) is 0 Å². The van der Waals surface area contributed by atoms with Crippen molar-refractivity contribution in [2.24, 2.45) is 13.0 Å². The summed E-state index contributed by atoms with van der Waals surface area (Å²) in [4.78, 5) is 17.5. The summed E-state index contributed by atoms with van der Waals surface area (Å²) in [5.74, 6) is 2.53. The molecular formula is C17H22N4OS. The van der Waals surface area contributed by atoms with Crippen molar-refractivity contribution in [2.75, 3.05) is 13.1 Å². The molecule has 2 aromatic rings. The third-order valence-corrected chi connectivity index (χ3v) is 6.29. The van der Waals surface area contributed by atoms with Gasteiger partial charge in [0.2, 0.25) is 5.91 Å². The van der Waals surface area contributed by atoms with Crippen LogP contribution in [0, 0.1) is 12.8 Å². The molecule has 2 fully saturated rings. The van der Waals surface area contributed by atoms with E-state index in [4.69, 9.17) is 0 Å². The summed E-state index contributed by atoms with van der Waals surface area (Å²) in [7, 11) is 1.99. The number of aromatic nitrogens is 3. The molecule has 1 aliphatic carbocycles. The largest absolute Gasteiger partial charge is 0.342 e. The third kappa shape index (κ3) is 2.80. The van der Waals surface area contributed by atoms with Crippen molar-refractivity contribution in [1.82, 2.24) is 19.7 Å². The van der Waals surface area contributed by atoms with Crippen molar-refractivity contribution < 1.29 is 4.79 Å². The van der Waals surface area contributed by atoms with E-state index in [1.165, 1.54) is 9.75 Å². The lowest BCUT2D eigenvalue weighted by Gasteiger charge is -2.31. The van der Waals surface area contributed by atoms with Gasteiger partial charge in [0.1, 0.15) is 12.2 Å². The predicted molar refractivity (Wildman–Crippen MR) is 89.5 cm³/mol. The lowest BCUT2D eigenvalue weighted by molar-refractivity contribution is -0.133. The van der Waals surface area contributed by atoms with Gasteiger partial charge in [0.25, 0.3) is 0 Å². The van der Waals surface area contributed by atoms with Crippen LogP contribution >= 0.6 is 11.3 Å². The molecule has 1 amide bonds. The molecule has 2 aliphatic rings. The molecule has 23 heavy (non-hydrogen) atoms. The molecule has 0 bridgehead atoms. The molecule has 3 heterocycles. The van der Waals surface area contributed by atoms with Crippen LogP contribution in [-0.4, -0.2) is 38.7 Å². The predicted octanol–water partition coefficient (Wildman–Crippen LogP) is 2.69. The van der Waals surface area contributed by atoms with E-state index in [1.807, 2.05) is 23.0 Å². The molecular weight excluding hydrogens is 308 g/mol. The van der Waals surface area contributed by atoms with E-state index in [1.54, 1.807) is 6.33 Å². The van der Waals surface area contributed by atoms with E-state index in [0.717, 1.165) is 38.2 Å². The second kappa shape index (κ2) is 5.74. The minimum atomic E-state index is 0.222. The molecule has 2 atom stereocenters. The smallest absolute Gasteiger partial charge is 0.226 e. The number of nitrogens with zero attached hydrogens (tertiary/aromatic N) is 4. The lowest BCUT2D eigenvalue weighted by atomic mass is 9.95. The maximum Gasteiger partial charge on any atom is 0.226 e. The fourth-order valence-corrected chi connectivity index (χ4v) is 4.75. The van der Waals surface area contributed by atoms with Crippen molar-refractivity contribution >= 4 is 17.2 Å². The molecule has 0 radical (unpaired) electrons. The first-order chi connectivity index (χ1) is 11.1. The SMILES string of the molecule is Cc1ccc([C@H]2C[C@@H]2C(=O)N2CCC(c3nncn3C)CC2)s1. The topological polar surface area (TPSA) is 51.0 Å². The highest BCUT2D eigenvalue weighted by atomic mass is 32.1. The average molecular weight is 330 g/mol. The number of rotatable bonds is 3. The first-order valence-electron chi connectivity index (χ1n) is 8.32. The zero-order valence-corrected chi connectivity index (χ0v) is 14.4. The normalized spacial score (nSPS) is 24.9. The summed E-state index contributed by atoms with van der Waals surface area (Å²) in [6.45, 7) is 3.83. The van der Waals surface area contributed by atoms with E-state index in [2.05, 4.69) is 34.2 Å². The Morgan fingerprint density at radius 1 is 1.30 bits per heavy atom. The van der Waals surface area contributed by atoms with Crippen molar-refractivity contribution in [3.8, 4) is 0 Å². The molecule has 2 aromatic heterocycles. The Labute approximate surface area is 140 Å². The molecule has 0 unspecified atom stereocenters. The fraction of sp³-hybridized carbons (Fsp3) is 0.588. The average Bonchev–Trinajstić information content (AvgIpc) is 3.06. The first kappa shape index (κ1) is 14.9. The Balaban J connectivity index is 1.34. The van der Waals surface area contributed by atoms with Crippen molar-refractivity contribution in [1.29, 1.82) is 0 Å². The maximum atomic E-state index is 12.7. The zero-order valence-electron chi connectivity index (χ0n) is 13.6. The minimum absolute atomic E-state index is 0.222. The summed E-state index contributed by atoms with van der Waals surface area (Å²) < 4.78 is 2.00. The number of carbonyl (C=O) groups is 1. The van der Waals surface area contributed by atoms with E-state index in [0.29, 0.717) is 17.7 Å². The summed E-state index contributed by atoms with van der Waals surface area (Å²) in [6.07, 6.45) is 4.77. The molecule has 4 rings (SSSR count). The third-order valence-electron chi connectivity index (χ3n) is 5.15. The maximum absolute atomic E-state index is 12.7. The molecule has 5 nitrogen and oxygen atoms in total. The highest BCUT2D eigenvalue weighted by molar-refractivity contribution is 7.12. The van der Waals surface area contributed by atoms with Gasteiger partial charge in [-0.3, -0.25) is 4.79 Å². The second-order valence-corrected chi connectivity index (χ2v) is 8.12. The summed E-state index contributed by atoms with van der Waals surface area (Å²) in [6, 6.07) is 4.35. The van der Waals surface area contributed by atoms with Gasteiger partial charge in [0.05, 0.1) is 0 Å². The number of likely N-dealkylation sites (tertiary alicyclic amines) is 1. The van der Waals surface area contributed by atoms with Crippen LogP contribution in [0.2, 0.25) is 0 Å². The van der Waals surface area contributed by atoms with Crippen molar-refractivity contribution in [2.45, 2.75) is 38.0 Å². The number of piperidine rings is 1. The number of carbonyl (C=O) groups excluding carboxylic acids is 1. The Bertz CT molecular complexity index is 714. The van der Waals surface area contributed by atoms with Crippen LogP contribution in [0.3, 0.4) is 0 Å². The molecule has 1 saturated carbocycles. The van der Waals surface area contributed by atoms with Crippen LogP contribution in [0.1, 0.15) is 46.7 Å². The number of thiophene rings is 1. The Hall–Kier alpha value is -1.69. The number of aryl methyl sites for hydroxylation is 2. The second-order valence-electron chi connectivity index (χ2n) is 6.80. The number of hydrogen-bond donors (Lipinski definition) is 0. The molecule has 1 aliphatic heterocycles. The van der Waals surface area contributed by atoms with Gasteiger partial charge in [-0.15, -0.1) is 21.5 Å². The van der Waals surface area contributed by atoms with Gasteiger partial charge in [-0.1, -0.05) is 0 Å². The molecule has 0 aromatic carbocycles. The first-order valence-corrected chi connectivity index (χ1v) is 9.14. The fourth-order valence-electron chi connectivity index (χ4n) is 3.69. The lowest BCUT2D eigenvalue weighted by Crippen LogP contribution is -2.39. The van der Waals surface area contributed by atoms with Gasteiger partial charge in [0, 0.05) is 47.6 Å².